The molecular formula is C15H13Cl2N2O3P. The molecule has 0 heterocycles. The van der Waals surface area contributed by atoms with Crippen LogP contribution in [0.5, 0.6) is 11.5 Å². The maximum atomic E-state index is 12.9. The van der Waals surface area contributed by atoms with Gasteiger partial charge in [0.25, 0.3) is 0 Å². The lowest BCUT2D eigenvalue weighted by molar-refractivity contribution is 0.382. The highest BCUT2D eigenvalue weighted by Crippen LogP contribution is 2.47. The van der Waals surface area contributed by atoms with Gasteiger partial charge in [-0.05, 0) is 48.5 Å². The van der Waals surface area contributed by atoms with E-state index in [2.05, 4.69) is 5.32 Å². The van der Waals surface area contributed by atoms with Gasteiger partial charge in [-0.2, -0.15) is 5.26 Å². The van der Waals surface area contributed by atoms with Gasteiger partial charge in [0.05, 0.1) is 12.6 Å². The van der Waals surface area contributed by atoms with Crippen molar-refractivity contribution < 1.29 is 13.6 Å². The van der Waals surface area contributed by atoms with Gasteiger partial charge in [-0.1, -0.05) is 23.2 Å². The third-order valence-corrected chi connectivity index (χ3v) is 4.72. The monoisotopic (exact) mass is 370 g/mol. The van der Waals surface area contributed by atoms with Gasteiger partial charge in [-0.25, -0.2) is 4.57 Å². The van der Waals surface area contributed by atoms with Crippen LogP contribution in [0.15, 0.2) is 48.5 Å². The lowest BCUT2D eigenvalue weighted by atomic mass is 10.3. The number of nitriles is 1. The number of benzene rings is 2. The minimum atomic E-state index is -3.57. The first-order chi connectivity index (χ1) is 11.0. The predicted octanol–water partition coefficient (Wildman–Crippen LogP) is 4.71. The van der Waals surface area contributed by atoms with E-state index in [1.807, 2.05) is 6.07 Å². The van der Waals surface area contributed by atoms with Crippen LogP contribution in [-0.4, -0.2) is 12.8 Å². The summed E-state index contributed by atoms with van der Waals surface area (Å²) in [4.78, 5) is 0. The molecule has 0 saturated carbocycles. The highest BCUT2D eigenvalue weighted by Gasteiger charge is 2.28. The zero-order valence-electron chi connectivity index (χ0n) is 11.9. The van der Waals surface area contributed by atoms with Gasteiger partial charge in [0.2, 0.25) is 0 Å². The number of halogens is 2. The van der Waals surface area contributed by atoms with E-state index in [1.54, 1.807) is 48.5 Å². The molecule has 120 valence electrons. The van der Waals surface area contributed by atoms with Crippen LogP contribution in [0.3, 0.4) is 0 Å². The zero-order chi connectivity index (χ0) is 16.7. The zero-order valence-corrected chi connectivity index (χ0v) is 14.3. The van der Waals surface area contributed by atoms with Crippen LogP contribution >= 0.6 is 30.8 Å². The van der Waals surface area contributed by atoms with Crippen LogP contribution in [-0.2, 0) is 4.57 Å². The molecule has 0 amide bonds. The quantitative estimate of drug-likeness (QED) is 0.433. The largest absolute Gasteiger partial charge is 0.444 e. The van der Waals surface area contributed by atoms with Gasteiger partial charge >= 0.3 is 7.60 Å². The van der Waals surface area contributed by atoms with Crippen molar-refractivity contribution in [2.45, 2.75) is 0 Å². The summed E-state index contributed by atoms with van der Waals surface area (Å²) < 4.78 is 23.9. The number of hydrogen-bond donors (Lipinski definition) is 1. The van der Waals surface area contributed by atoms with Gasteiger partial charge in [0.15, 0.2) is 0 Å². The minimum Gasteiger partial charge on any atom is -0.415 e. The van der Waals surface area contributed by atoms with Crippen LogP contribution in [0, 0.1) is 11.3 Å². The Labute approximate surface area is 144 Å². The maximum absolute atomic E-state index is 12.9. The lowest BCUT2D eigenvalue weighted by Gasteiger charge is -2.20. The Morgan fingerprint density at radius 3 is 1.78 bits per heavy atom. The van der Waals surface area contributed by atoms with E-state index >= 15 is 0 Å². The second-order valence-electron chi connectivity index (χ2n) is 4.44. The highest BCUT2D eigenvalue weighted by atomic mass is 35.5. The fourth-order valence-electron chi connectivity index (χ4n) is 1.64. The average Bonchev–Trinajstić information content (AvgIpc) is 2.52. The molecule has 23 heavy (non-hydrogen) atoms. The first-order valence-corrected chi connectivity index (χ1v) is 9.06. The predicted molar refractivity (Wildman–Crippen MR) is 90.2 cm³/mol. The van der Waals surface area contributed by atoms with Crippen LogP contribution in [0.4, 0.5) is 0 Å². The average molecular weight is 371 g/mol. The summed E-state index contributed by atoms with van der Waals surface area (Å²) in [6.45, 7) is 0.0257. The van der Waals surface area contributed by atoms with Crippen molar-refractivity contribution in [2.24, 2.45) is 0 Å². The second-order valence-corrected chi connectivity index (χ2v) is 7.22. The number of rotatable bonds is 7. The van der Waals surface area contributed by atoms with Gasteiger partial charge in [-0.3, -0.25) is 5.32 Å². The van der Waals surface area contributed by atoms with Crippen LogP contribution in [0.2, 0.25) is 10.0 Å². The molecule has 8 heteroatoms. The molecule has 0 bridgehead atoms. The molecule has 2 aromatic rings. The van der Waals surface area contributed by atoms with E-state index < -0.39 is 7.60 Å². The summed E-state index contributed by atoms with van der Waals surface area (Å²) in [5, 5.41) is 12.4. The van der Waals surface area contributed by atoms with Gasteiger partial charge in [-0.15, -0.1) is 0 Å². The summed E-state index contributed by atoms with van der Waals surface area (Å²) in [6, 6.07) is 14.7. The van der Waals surface area contributed by atoms with Gasteiger partial charge < -0.3 is 9.05 Å². The van der Waals surface area contributed by atoms with Crippen molar-refractivity contribution >= 4 is 30.8 Å². The summed E-state index contributed by atoms with van der Waals surface area (Å²) in [7, 11) is -3.57. The van der Waals surface area contributed by atoms with Crippen molar-refractivity contribution in [3.8, 4) is 17.6 Å². The summed E-state index contributed by atoms with van der Waals surface area (Å²) in [6.07, 6.45) is -0.119. The summed E-state index contributed by atoms with van der Waals surface area (Å²) in [5.41, 5.74) is 0. The van der Waals surface area contributed by atoms with Crippen LogP contribution in [0.25, 0.3) is 0 Å². The topological polar surface area (TPSA) is 71.4 Å². The molecule has 0 aliphatic heterocycles. The van der Waals surface area contributed by atoms with E-state index in [9.17, 15) is 4.57 Å². The fraction of sp³-hybridized carbons (Fsp3) is 0.133. The maximum Gasteiger partial charge on any atom is 0.444 e. The molecule has 0 saturated heterocycles. The molecule has 5 nitrogen and oxygen atoms in total. The molecular weight excluding hydrogens is 358 g/mol. The molecule has 0 aromatic heterocycles. The van der Waals surface area contributed by atoms with Crippen molar-refractivity contribution in [2.75, 3.05) is 12.8 Å². The third kappa shape index (κ3) is 5.78. The van der Waals surface area contributed by atoms with Crippen molar-refractivity contribution in [3.63, 3.8) is 0 Å². The molecule has 2 aromatic carbocycles. The standard InChI is InChI=1S/C15H13Cl2N2O3P/c16-12-1-5-14(6-2-12)21-23(20,11-19-10-9-18)22-15-7-3-13(17)4-8-15/h1-8,19H,10-11H2. The molecule has 0 spiro atoms. The molecule has 2 rings (SSSR count). The summed E-state index contributed by atoms with van der Waals surface area (Å²) >= 11 is 11.6. The molecule has 0 radical (unpaired) electrons. The number of hydrogen-bond acceptors (Lipinski definition) is 5. The molecule has 0 fully saturated rings. The van der Waals surface area contributed by atoms with E-state index in [-0.39, 0.29) is 12.8 Å². The smallest absolute Gasteiger partial charge is 0.415 e. The second kappa shape index (κ2) is 8.24. The fourth-order valence-corrected chi connectivity index (χ4v) is 3.33. The van der Waals surface area contributed by atoms with E-state index in [0.29, 0.717) is 21.5 Å². The first-order valence-electron chi connectivity index (χ1n) is 6.58. The van der Waals surface area contributed by atoms with Crippen molar-refractivity contribution in [3.05, 3.63) is 58.6 Å². The highest BCUT2D eigenvalue weighted by molar-refractivity contribution is 7.54. The Kier molecular flexibility index (Phi) is 6.32. The Bertz CT molecular complexity index is 678. The lowest BCUT2D eigenvalue weighted by Crippen LogP contribution is -2.20. The normalized spacial score (nSPS) is 10.8. The molecule has 0 atom stereocenters. The molecule has 0 aliphatic rings. The molecule has 1 N–H and O–H groups in total. The molecule has 0 aliphatic carbocycles. The van der Waals surface area contributed by atoms with Crippen molar-refractivity contribution in [1.82, 2.24) is 5.32 Å². The summed E-state index contributed by atoms with van der Waals surface area (Å²) in [5.74, 6) is 0.705. The van der Waals surface area contributed by atoms with Gasteiger partial charge in [0, 0.05) is 10.0 Å². The Balaban J connectivity index is 2.17. The Hall–Kier alpha value is -1.70. The third-order valence-electron chi connectivity index (χ3n) is 2.63. The van der Waals surface area contributed by atoms with E-state index in [1.165, 1.54) is 0 Å². The van der Waals surface area contributed by atoms with E-state index in [4.69, 9.17) is 37.5 Å². The van der Waals surface area contributed by atoms with E-state index in [0.717, 1.165) is 0 Å². The van der Waals surface area contributed by atoms with Crippen LogP contribution in [0.1, 0.15) is 0 Å². The Morgan fingerprint density at radius 1 is 0.957 bits per heavy atom. The first kappa shape index (κ1) is 17.7. The van der Waals surface area contributed by atoms with Crippen molar-refractivity contribution in [1.29, 1.82) is 5.26 Å². The SMILES string of the molecule is N#CCNCP(=O)(Oc1ccc(Cl)cc1)Oc1ccc(Cl)cc1. The number of nitrogens with zero attached hydrogens (tertiary/aromatic N) is 1. The minimum absolute atomic E-state index is 0.0257. The molecule has 0 unspecified atom stereocenters. The Morgan fingerprint density at radius 2 is 1.39 bits per heavy atom. The number of nitrogens with one attached hydrogen (secondary N) is 1. The van der Waals surface area contributed by atoms with Gasteiger partial charge in [0.1, 0.15) is 17.8 Å². The van der Waals surface area contributed by atoms with Crippen LogP contribution < -0.4 is 14.4 Å².